The van der Waals surface area contributed by atoms with Gasteiger partial charge >= 0.3 is 0 Å². The lowest BCUT2D eigenvalue weighted by Crippen LogP contribution is -2.06. The predicted octanol–water partition coefficient (Wildman–Crippen LogP) is 1.57. The summed E-state index contributed by atoms with van der Waals surface area (Å²) in [5.74, 6) is -0.296. The third-order valence-electron chi connectivity index (χ3n) is 1.17. The van der Waals surface area contributed by atoms with Crippen LogP contribution in [0.1, 0.15) is 17.4 Å². The van der Waals surface area contributed by atoms with Crippen LogP contribution in [0.4, 0.5) is 5.82 Å². The summed E-state index contributed by atoms with van der Waals surface area (Å²) in [4.78, 5) is 18.1. The van der Waals surface area contributed by atoms with Crippen LogP contribution in [0, 0.1) is 0 Å². The number of rotatable bonds is 1. The number of ketones is 1. The Labute approximate surface area is 78.7 Å². The quantitative estimate of drug-likeness (QED) is 0.708. The first-order valence-electron chi connectivity index (χ1n) is 3.02. The molecule has 0 saturated carbocycles. The van der Waals surface area contributed by atoms with E-state index in [4.69, 9.17) is 28.9 Å². The molecule has 0 saturated heterocycles. The summed E-state index contributed by atoms with van der Waals surface area (Å²) in [7, 11) is 0. The molecule has 6 heteroatoms. The van der Waals surface area contributed by atoms with Crippen molar-refractivity contribution in [3.8, 4) is 0 Å². The van der Waals surface area contributed by atoms with Gasteiger partial charge in [-0.25, -0.2) is 9.97 Å². The molecular formula is C6H5Cl2N3O. The minimum Gasteiger partial charge on any atom is -0.382 e. The zero-order valence-electron chi connectivity index (χ0n) is 6.14. The van der Waals surface area contributed by atoms with Crippen LogP contribution < -0.4 is 5.73 Å². The third-order valence-corrected chi connectivity index (χ3v) is 1.80. The number of hydrogen-bond acceptors (Lipinski definition) is 4. The summed E-state index contributed by atoms with van der Waals surface area (Å²) in [6.45, 7) is 1.32. The highest BCUT2D eigenvalue weighted by Crippen LogP contribution is 2.19. The Balaban J connectivity index is 3.33. The monoisotopic (exact) mass is 205 g/mol. The van der Waals surface area contributed by atoms with E-state index in [2.05, 4.69) is 9.97 Å². The van der Waals surface area contributed by atoms with Crippen molar-refractivity contribution in [1.82, 2.24) is 9.97 Å². The van der Waals surface area contributed by atoms with Crippen molar-refractivity contribution in [3.05, 3.63) is 16.0 Å². The first kappa shape index (κ1) is 9.22. The number of halogens is 2. The maximum absolute atomic E-state index is 10.8. The molecule has 0 aliphatic rings. The Hall–Kier alpha value is -0.870. The van der Waals surface area contributed by atoms with E-state index in [9.17, 15) is 4.79 Å². The number of carbonyl (C=O) groups excluding carboxylic acids is 1. The Morgan fingerprint density at radius 2 is 1.83 bits per heavy atom. The van der Waals surface area contributed by atoms with Crippen molar-refractivity contribution in [2.24, 2.45) is 0 Å². The second-order valence-corrected chi connectivity index (χ2v) is 2.81. The average molecular weight is 206 g/mol. The summed E-state index contributed by atoms with van der Waals surface area (Å²) in [5.41, 5.74) is 5.40. The molecule has 1 aromatic rings. The SMILES string of the molecule is CC(=O)c1nc(Cl)c(Cl)nc1N. The maximum Gasteiger partial charge on any atom is 0.181 e. The molecule has 4 nitrogen and oxygen atoms in total. The standard InChI is InChI=1S/C6H5Cl2N3O/c1-2(12)3-6(9)11-5(8)4(7)10-3/h1H3,(H2,9,11). The Morgan fingerprint density at radius 3 is 2.33 bits per heavy atom. The Bertz CT molecular complexity index is 340. The molecule has 0 bridgehead atoms. The lowest BCUT2D eigenvalue weighted by molar-refractivity contribution is 0.101. The predicted molar refractivity (Wildman–Crippen MR) is 46.5 cm³/mol. The second kappa shape index (κ2) is 3.25. The van der Waals surface area contributed by atoms with Gasteiger partial charge in [-0.2, -0.15) is 0 Å². The summed E-state index contributed by atoms with van der Waals surface area (Å²) in [5, 5.41) is -0.0183. The molecule has 1 heterocycles. The van der Waals surface area contributed by atoms with Crippen molar-refractivity contribution in [2.45, 2.75) is 6.92 Å². The Kier molecular flexibility index (Phi) is 2.49. The molecule has 0 atom stereocenters. The van der Waals surface area contributed by atoms with Gasteiger partial charge < -0.3 is 5.73 Å². The summed E-state index contributed by atoms with van der Waals surface area (Å²) < 4.78 is 0. The number of carbonyl (C=O) groups is 1. The van der Waals surface area contributed by atoms with Crippen molar-refractivity contribution < 1.29 is 4.79 Å². The van der Waals surface area contributed by atoms with E-state index in [1.807, 2.05) is 0 Å². The van der Waals surface area contributed by atoms with E-state index in [1.165, 1.54) is 6.92 Å². The van der Waals surface area contributed by atoms with E-state index in [1.54, 1.807) is 0 Å². The number of nitrogen functional groups attached to an aromatic ring is 1. The van der Waals surface area contributed by atoms with Crippen molar-refractivity contribution in [1.29, 1.82) is 0 Å². The number of nitrogens with zero attached hydrogens (tertiary/aromatic N) is 2. The van der Waals surface area contributed by atoms with Crippen molar-refractivity contribution in [2.75, 3.05) is 5.73 Å². The summed E-state index contributed by atoms with van der Waals surface area (Å²) in [6.07, 6.45) is 0. The minimum absolute atomic E-state index is 0.000772. The largest absolute Gasteiger partial charge is 0.382 e. The number of aromatic nitrogens is 2. The van der Waals surface area contributed by atoms with E-state index < -0.39 is 0 Å². The van der Waals surface area contributed by atoms with Crippen LogP contribution >= 0.6 is 23.2 Å². The molecule has 0 aliphatic carbocycles. The fourth-order valence-corrected chi connectivity index (χ4v) is 0.926. The summed E-state index contributed by atoms with van der Waals surface area (Å²) in [6, 6.07) is 0. The van der Waals surface area contributed by atoms with E-state index >= 15 is 0 Å². The first-order valence-corrected chi connectivity index (χ1v) is 3.77. The normalized spacial score (nSPS) is 9.92. The maximum atomic E-state index is 10.8. The molecule has 1 aromatic heterocycles. The van der Waals surface area contributed by atoms with Gasteiger partial charge in [-0.1, -0.05) is 23.2 Å². The molecule has 2 N–H and O–H groups in total. The highest BCUT2D eigenvalue weighted by Gasteiger charge is 2.11. The van der Waals surface area contributed by atoms with Crippen LogP contribution in [0.25, 0.3) is 0 Å². The molecule has 0 spiro atoms. The number of Topliss-reactive ketones (excluding diaryl/α,β-unsaturated/α-hetero) is 1. The molecule has 0 amide bonds. The molecule has 0 aromatic carbocycles. The lowest BCUT2D eigenvalue weighted by atomic mass is 10.3. The Morgan fingerprint density at radius 1 is 1.33 bits per heavy atom. The van der Waals surface area contributed by atoms with E-state index in [0.29, 0.717) is 0 Å². The number of hydrogen-bond donors (Lipinski definition) is 1. The molecule has 12 heavy (non-hydrogen) atoms. The summed E-state index contributed by atoms with van der Waals surface area (Å²) >= 11 is 11.0. The van der Waals surface area contributed by atoms with E-state index in [-0.39, 0.29) is 27.6 Å². The number of nitrogens with two attached hydrogens (primary N) is 1. The van der Waals surface area contributed by atoms with Gasteiger partial charge in [0.2, 0.25) is 0 Å². The molecule has 0 unspecified atom stereocenters. The fourth-order valence-electron chi connectivity index (χ4n) is 0.665. The zero-order chi connectivity index (χ0) is 9.30. The van der Waals surface area contributed by atoms with Gasteiger partial charge in [0.25, 0.3) is 0 Å². The molecule has 0 fully saturated rings. The number of anilines is 1. The molecule has 1 rings (SSSR count). The molecule has 64 valence electrons. The second-order valence-electron chi connectivity index (χ2n) is 2.10. The fraction of sp³-hybridized carbons (Fsp3) is 0.167. The van der Waals surface area contributed by atoms with Gasteiger partial charge in [-0.05, 0) is 0 Å². The minimum atomic E-state index is -0.293. The van der Waals surface area contributed by atoms with Crippen LogP contribution in [-0.4, -0.2) is 15.8 Å². The van der Waals surface area contributed by atoms with Gasteiger partial charge in [-0.3, -0.25) is 4.79 Å². The van der Waals surface area contributed by atoms with Gasteiger partial charge in [-0.15, -0.1) is 0 Å². The first-order chi connectivity index (χ1) is 5.52. The van der Waals surface area contributed by atoms with Crippen LogP contribution in [0.15, 0.2) is 0 Å². The van der Waals surface area contributed by atoms with Crippen molar-refractivity contribution in [3.63, 3.8) is 0 Å². The van der Waals surface area contributed by atoms with Crippen LogP contribution in [-0.2, 0) is 0 Å². The topological polar surface area (TPSA) is 68.9 Å². The molecule has 0 radical (unpaired) electrons. The van der Waals surface area contributed by atoms with Gasteiger partial charge in [0.1, 0.15) is 5.69 Å². The molecule has 0 aliphatic heterocycles. The van der Waals surface area contributed by atoms with Crippen molar-refractivity contribution >= 4 is 34.8 Å². The smallest absolute Gasteiger partial charge is 0.181 e. The van der Waals surface area contributed by atoms with Gasteiger partial charge in [0.15, 0.2) is 21.9 Å². The average Bonchev–Trinajstić information content (AvgIpc) is 1.96. The van der Waals surface area contributed by atoms with Gasteiger partial charge in [0.05, 0.1) is 0 Å². The van der Waals surface area contributed by atoms with Crippen LogP contribution in [0.3, 0.4) is 0 Å². The van der Waals surface area contributed by atoms with Crippen LogP contribution in [0.5, 0.6) is 0 Å². The highest BCUT2D eigenvalue weighted by atomic mass is 35.5. The molecular weight excluding hydrogens is 201 g/mol. The van der Waals surface area contributed by atoms with Gasteiger partial charge in [0, 0.05) is 6.92 Å². The van der Waals surface area contributed by atoms with Crippen LogP contribution in [0.2, 0.25) is 10.3 Å². The van der Waals surface area contributed by atoms with E-state index in [0.717, 1.165) is 0 Å². The third kappa shape index (κ3) is 1.65. The highest BCUT2D eigenvalue weighted by molar-refractivity contribution is 6.40. The lowest BCUT2D eigenvalue weighted by Gasteiger charge is -2.00. The zero-order valence-corrected chi connectivity index (χ0v) is 7.65.